The van der Waals surface area contributed by atoms with Crippen molar-refractivity contribution in [3.63, 3.8) is 0 Å². The summed E-state index contributed by atoms with van der Waals surface area (Å²) in [6, 6.07) is 5.08. The Bertz CT molecular complexity index is 976. The molecule has 0 fully saturated rings. The Morgan fingerprint density at radius 1 is 1.23 bits per heavy atom. The summed E-state index contributed by atoms with van der Waals surface area (Å²) in [4.78, 5) is 46.4. The number of benzene rings is 1. The highest BCUT2D eigenvalue weighted by atomic mass is 16.2. The molecule has 2 aromatic rings. The number of carbonyl (C=O) groups excluding carboxylic acids is 3. The number of amides is 2. The highest BCUT2D eigenvalue weighted by Crippen LogP contribution is 2.42. The van der Waals surface area contributed by atoms with Crippen LogP contribution in [-0.2, 0) is 9.59 Å². The summed E-state index contributed by atoms with van der Waals surface area (Å²) < 4.78 is 0. The van der Waals surface area contributed by atoms with Crippen molar-refractivity contribution in [2.75, 3.05) is 16.8 Å². The minimum absolute atomic E-state index is 0.0368. The van der Waals surface area contributed by atoms with E-state index in [2.05, 4.69) is 27.5 Å². The summed E-state index contributed by atoms with van der Waals surface area (Å²) in [5.41, 5.74) is 3.03. The van der Waals surface area contributed by atoms with Gasteiger partial charge in [0.05, 0.1) is 6.04 Å². The predicted octanol–water partition coefficient (Wildman–Crippen LogP) is 2.89. The number of nitrogens with one attached hydrogen (secondary N) is 2. The Balaban J connectivity index is 1.99. The average Bonchev–Trinajstić information content (AvgIpc) is 2.75. The van der Waals surface area contributed by atoms with Crippen LogP contribution in [0.4, 0.5) is 11.6 Å². The van der Waals surface area contributed by atoms with E-state index < -0.39 is 0 Å². The molecule has 0 aliphatic carbocycles. The lowest BCUT2D eigenvalue weighted by atomic mass is 9.82. The van der Waals surface area contributed by atoms with Crippen LogP contribution in [0.25, 0.3) is 0 Å². The molecule has 1 aromatic carbocycles. The van der Waals surface area contributed by atoms with Crippen LogP contribution in [0.3, 0.4) is 0 Å². The SMILES string of the molecule is CC(=O)N1c2ccc(C(=O)NCC(C)C=O)cc2C(Nc2ncc(C)cn2)C(C)C1C. The van der Waals surface area contributed by atoms with Crippen molar-refractivity contribution in [2.45, 2.75) is 46.7 Å². The second kappa shape index (κ2) is 9.24. The Morgan fingerprint density at radius 2 is 1.90 bits per heavy atom. The van der Waals surface area contributed by atoms with Crippen LogP contribution in [0, 0.1) is 18.8 Å². The Kier molecular flexibility index (Phi) is 6.68. The molecule has 4 atom stereocenters. The highest BCUT2D eigenvalue weighted by molar-refractivity contribution is 5.98. The topological polar surface area (TPSA) is 104 Å². The zero-order valence-corrected chi connectivity index (χ0v) is 18.5. The molecule has 8 nitrogen and oxygen atoms in total. The van der Waals surface area contributed by atoms with Crippen molar-refractivity contribution >= 4 is 29.7 Å². The lowest BCUT2D eigenvalue weighted by molar-refractivity contribution is -0.117. The molecule has 1 aliphatic rings. The van der Waals surface area contributed by atoms with Crippen molar-refractivity contribution in [2.24, 2.45) is 11.8 Å². The van der Waals surface area contributed by atoms with Gasteiger partial charge in [0.15, 0.2) is 0 Å². The zero-order chi connectivity index (χ0) is 22.7. The fourth-order valence-electron chi connectivity index (χ4n) is 3.86. The molecule has 0 radical (unpaired) electrons. The number of aromatic nitrogens is 2. The van der Waals surface area contributed by atoms with Gasteiger partial charge in [-0.25, -0.2) is 9.97 Å². The minimum atomic E-state index is -0.262. The summed E-state index contributed by atoms with van der Waals surface area (Å²) in [5, 5.41) is 6.18. The first-order valence-electron chi connectivity index (χ1n) is 10.4. The summed E-state index contributed by atoms with van der Waals surface area (Å²) in [7, 11) is 0. The first kappa shape index (κ1) is 22.4. The smallest absolute Gasteiger partial charge is 0.251 e. The Hall–Kier alpha value is -3.29. The number of hydrogen-bond acceptors (Lipinski definition) is 6. The quantitative estimate of drug-likeness (QED) is 0.693. The van der Waals surface area contributed by atoms with E-state index in [1.54, 1.807) is 43.3 Å². The van der Waals surface area contributed by atoms with Gasteiger partial charge in [-0.1, -0.05) is 13.8 Å². The summed E-state index contributed by atoms with van der Waals surface area (Å²) in [6.07, 6.45) is 4.29. The molecule has 31 heavy (non-hydrogen) atoms. The summed E-state index contributed by atoms with van der Waals surface area (Å²) >= 11 is 0. The van der Waals surface area contributed by atoms with E-state index in [9.17, 15) is 14.4 Å². The molecular weight excluding hydrogens is 394 g/mol. The second-order valence-electron chi connectivity index (χ2n) is 8.29. The molecule has 2 heterocycles. The van der Waals surface area contributed by atoms with Gasteiger partial charge in [0.2, 0.25) is 11.9 Å². The maximum Gasteiger partial charge on any atom is 0.251 e. The number of rotatable bonds is 6. The molecule has 3 rings (SSSR count). The van der Waals surface area contributed by atoms with Gasteiger partial charge in [-0.3, -0.25) is 9.59 Å². The first-order valence-corrected chi connectivity index (χ1v) is 10.4. The van der Waals surface area contributed by atoms with Gasteiger partial charge in [0, 0.05) is 55.0 Å². The standard InChI is InChI=1S/C23H29N5O3/c1-13-9-25-23(26-10-13)27-21-15(3)16(4)28(17(5)30)20-7-6-18(8-19(20)21)22(31)24-11-14(2)12-29/h6-10,12,14-16,21H,11H2,1-5H3,(H,24,31)(H,25,26,27). The van der Waals surface area contributed by atoms with E-state index in [0.717, 1.165) is 23.1 Å². The molecule has 2 N–H and O–H groups in total. The molecule has 1 aliphatic heterocycles. The van der Waals surface area contributed by atoms with Crippen molar-refractivity contribution < 1.29 is 14.4 Å². The lowest BCUT2D eigenvalue weighted by Gasteiger charge is -2.44. The van der Waals surface area contributed by atoms with Crippen LogP contribution < -0.4 is 15.5 Å². The van der Waals surface area contributed by atoms with Gasteiger partial charge >= 0.3 is 0 Å². The highest BCUT2D eigenvalue weighted by Gasteiger charge is 2.38. The Labute approximate surface area is 182 Å². The van der Waals surface area contributed by atoms with Crippen LogP contribution in [0.1, 0.15) is 55.2 Å². The van der Waals surface area contributed by atoms with Gasteiger partial charge in [0.1, 0.15) is 6.29 Å². The number of fused-ring (bicyclic) bond motifs is 1. The summed E-state index contributed by atoms with van der Waals surface area (Å²) in [6.45, 7) is 9.56. The third-order valence-corrected chi connectivity index (χ3v) is 5.80. The molecule has 8 heteroatoms. The minimum Gasteiger partial charge on any atom is -0.351 e. The van der Waals surface area contributed by atoms with Crippen LogP contribution in [0.5, 0.6) is 0 Å². The molecule has 4 unspecified atom stereocenters. The van der Waals surface area contributed by atoms with Gasteiger partial charge in [-0.05, 0) is 43.2 Å². The van der Waals surface area contributed by atoms with Gasteiger partial charge in [-0.15, -0.1) is 0 Å². The molecule has 0 saturated carbocycles. The van der Waals surface area contributed by atoms with Crippen molar-refractivity contribution in [1.82, 2.24) is 15.3 Å². The number of carbonyl (C=O) groups is 3. The molecule has 2 amide bonds. The van der Waals surface area contributed by atoms with E-state index in [1.165, 1.54) is 0 Å². The first-order chi connectivity index (χ1) is 14.7. The zero-order valence-electron chi connectivity index (χ0n) is 18.5. The summed E-state index contributed by atoms with van der Waals surface area (Å²) in [5.74, 6) is -0.0462. The lowest BCUT2D eigenvalue weighted by Crippen LogP contribution is -2.48. The van der Waals surface area contributed by atoms with Crippen LogP contribution in [-0.4, -0.2) is 40.7 Å². The average molecular weight is 424 g/mol. The maximum absolute atomic E-state index is 12.7. The predicted molar refractivity (Wildman–Crippen MR) is 119 cm³/mol. The molecular formula is C23H29N5O3. The number of hydrogen-bond donors (Lipinski definition) is 2. The van der Waals surface area contributed by atoms with Crippen molar-refractivity contribution in [3.05, 3.63) is 47.3 Å². The number of nitrogens with zero attached hydrogens (tertiary/aromatic N) is 3. The monoisotopic (exact) mass is 423 g/mol. The molecule has 0 spiro atoms. The van der Waals surface area contributed by atoms with Gasteiger partial charge in [0.25, 0.3) is 5.91 Å². The van der Waals surface area contributed by atoms with E-state index in [-0.39, 0.29) is 42.3 Å². The van der Waals surface area contributed by atoms with E-state index >= 15 is 0 Å². The molecule has 0 saturated heterocycles. The van der Waals surface area contributed by atoms with Gasteiger partial charge in [-0.2, -0.15) is 0 Å². The molecule has 164 valence electrons. The largest absolute Gasteiger partial charge is 0.351 e. The third kappa shape index (κ3) is 4.73. The Morgan fingerprint density at radius 3 is 2.52 bits per heavy atom. The normalized spacial score (nSPS) is 21.1. The van der Waals surface area contributed by atoms with Gasteiger partial charge < -0.3 is 20.3 Å². The molecule has 0 bridgehead atoms. The van der Waals surface area contributed by atoms with E-state index in [0.29, 0.717) is 11.5 Å². The number of anilines is 2. The van der Waals surface area contributed by atoms with Crippen molar-refractivity contribution in [3.8, 4) is 0 Å². The maximum atomic E-state index is 12.7. The van der Waals surface area contributed by atoms with E-state index in [1.807, 2.05) is 19.9 Å². The third-order valence-electron chi connectivity index (χ3n) is 5.80. The van der Waals surface area contributed by atoms with Crippen LogP contribution in [0.2, 0.25) is 0 Å². The van der Waals surface area contributed by atoms with Crippen LogP contribution in [0.15, 0.2) is 30.6 Å². The molecule has 1 aromatic heterocycles. The van der Waals surface area contributed by atoms with Crippen molar-refractivity contribution in [1.29, 1.82) is 0 Å². The van der Waals surface area contributed by atoms with Crippen LogP contribution >= 0.6 is 0 Å². The second-order valence-corrected chi connectivity index (χ2v) is 8.29. The van der Waals surface area contributed by atoms with E-state index in [4.69, 9.17) is 0 Å². The number of aldehydes is 1. The number of aryl methyl sites for hydroxylation is 1. The fourth-order valence-corrected chi connectivity index (χ4v) is 3.86. The fraction of sp³-hybridized carbons (Fsp3) is 0.435.